The molecule has 118 valence electrons. The Bertz CT molecular complexity index is 478. The van der Waals surface area contributed by atoms with Gasteiger partial charge in [0, 0.05) is 23.5 Å². The third kappa shape index (κ3) is 5.85. The van der Waals surface area contributed by atoms with Crippen molar-refractivity contribution in [2.24, 2.45) is 0 Å². The highest BCUT2D eigenvalue weighted by atomic mass is 35.5. The van der Waals surface area contributed by atoms with Gasteiger partial charge in [0.1, 0.15) is 5.60 Å². The van der Waals surface area contributed by atoms with Crippen LogP contribution in [0.15, 0.2) is 12.1 Å². The van der Waals surface area contributed by atoms with E-state index in [2.05, 4.69) is 16.7 Å². The Hall–Kier alpha value is -0.780. The Morgan fingerprint density at radius 2 is 2.10 bits per heavy atom. The van der Waals surface area contributed by atoms with Gasteiger partial charge in [-0.1, -0.05) is 11.6 Å². The van der Waals surface area contributed by atoms with Crippen LogP contribution in [0.25, 0.3) is 0 Å². The van der Waals surface area contributed by atoms with E-state index in [1.807, 2.05) is 26.8 Å². The number of halogens is 1. The first kappa shape index (κ1) is 16.6. The Labute approximate surface area is 135 Å². The molecule has 0 radical (unpaired) electrons. The Balaban J connectivity index is 1.56. The third-order valence-electron chi connectivity index (χ3n) is 3.29. The molecule has 2 rings (SSSR count). The summed E-state index contributed by atoms with van der Waals surface area (Å²) in [6, 6.07) is 4.72. The van der Waals surface area contributed by atoms with Gasteiger partial charge in [0.2, 0.25) is 0 Å². The molecule has 0 unspecified atom stereocenters. The van der Waals surface area contributed by atoms with Crippen LogP contribution in [-0.4, -0.2) is 30.3 Å². The molecule has 0 aromatic carbocycles. The predicted molar refractivity (Wildman–Crippen MR) is 87.2 cm³/mol. The van der Waals surface area contributed by atoms with Gasteiger partial charge in [-0.05, 0) is 52.2 Å². The fraction of sp³-hybridized carbons (Fsp3) is 0.667. The van der Waals surface area contributed by atoms with Crippen molar-refractivity contribution in [1.29, 1.82) is 0 Å². The van der Waals surface area contributed by atoms with Crippen LogP contribution in [0, 0.1) is 0 Å². The summed E-state index contributed by atoms with van der Waals surface area (Å²) in [5, 5.41) is 6.40. The molecule has 1 saturated carbocycles. The van der Waals surface area contributed by atoms with Gasteiger partial charge in [0.25, 0.3) is 0 Å². The number of thiophene rings is 1. The molecule has 1 aromatic heterocycles. The van der Waals surface area contributed by atoms with Crippen molar-refractivity contribution in [2.75, 3.05) is 6.54 Å². The maximum Gasteiger partial charge on any atom is 0.407 e. The molecule has 1 heterocycles. The molecule has 0 aliphatic heterocycles. The topological polar surface area (TPSA) is 50.4 Å². The van der Waals surface area contributed by atoms with Gasteiger partial charge >= 0.3 is 6.09 Å². The SMILES string of the molecule is CC(C)(C)OC(=O)NC1CC(NCCc2ccc(Cl)s2)C1. The summed E-state index contributed by atoms with van der Waals surface area (Å²) in [6.45, 7) is 6.55. The molecule has 1 aliphatic carbocycles. The molecular weight excluding hydrogens is 308 g/mol. The first-order chi connectivity index (χ1) is 9.82. The second-order valence-electron chi connectivity index (χ2n) is 6.42. The molecule has 4 nitrogen and oxygen atoms in total. The third-order valence-corrected chi connectivity index (χ3v) is 4.58. The lowest BCUT2D eigenvalue weighted by Crippen LogP contribution is -2.53. The number of amides is 1. The van der Waals surface area contributed by atoms with E-state index in [1.165, 1.54) is 4.88 Å². The summed E-state index contributed by atoms with van der Waals surface area (Å²) in [6.07, 6.45) is 2.60. The molecule has 0 saturated heterocycles. The summed E-state index contributed by atoms with van der Waals surface area (Å²) < 4.78 is 6.08. The number of alkyl carbamates (subject to hydrolysis) is 1. The minimum Gasteiger partial charge on any atom is -0.444 e. The number of carbonyl (C=O) groups is 1. The van der Waals surface area contributed by atoms with Crippen LogP contribution < -0.4 is 10.6 Å². The summed E-state index contributed by atoms with van der Waals surface area (Å²) in [5.41, 5.74) is -0.437. The number of nitrogens with one attached hydrogen (secondary N) is 2. The maximum absolute atomic E-state index is 11.6. The second-order valence-corrected chi connectivity index (χ2v) is 8.22. The standard InChI is InChI=1S/C15H23ClN2O2S/c1-15(2,3)20-14(19)18-11-8-10(9-11)17-7-6-12-4-5-13(16)21-12/h4-5,10-11,17H,6-9H2,1-3H3,(H,18,19). The lowest BCUT2D eigenvalue weighted by molar-refractivity contribution is 0.0465. The van der Waals surface area contributed by atoms with Gasteiger partial charge in [-0.2, -0.15) is 0 Å². The normalized spacial score (nSPS) is 21.7. The zero-order valence-electron chi connectivity index (χ0n) is 12.7. The minimum absolute atomic E-state index is 0.230. The van der Waals surface area contributed by atoms with Crippen molar-refractivity contribution in [3.05, 3.63) is 21.3 Å². The van der Waals surface area contributed by atoms with Crippen molar-refractivity contribution in [3.63, 3.8) is 0 Å². The summed E-state index contributed by atoms with van der Waals surface area (Å²) in [4.78, 5) is 12.9. The van der Waals surface area contributed by atoms with Gasteiger partial charge in [-0.25, -0.2) is 4.79 Å². The Morgan fingerprint density at radius 1 is 1.38 bits per heavy atom. The molecule has 21 heavy (non-hydrogen) atoms. The van der Waals surface area contributed by atoms with E-state index in [9.17, 15) is 4.79 Å². The Morgan fingerprint density at radius 3 is 2.67 bits per heavy atom. The number of carbonyl (C=O) groups excluding carboxylic acids is 1. The average Bonchev–Trinajstić information content (AvgIpc) is 2.69. The van der Waals surface area contributed by atoms with Gasteiger partial charge in [-0.15, -0.1) is 11.3 Å². The van der Waals surface area contributed by atoms with E-state index < -0.39 is 5.60 Å². The smallest absolute Gasteiger partial charge is 0.407 e. The second kappa shape index (κ2) is 6.99. The largest absolute Gasteiger partial charge is 0.444 e. The van der Waals surface area contributed by atoms with Gasteiger partial charge in [-0.3, -0.25) is 0 Å². The molecule has 1 aliphatic rings. The molecule has 1 amide bonds. The van der Waals surface area contributed by atoms with Crippen LogP contribution >= 0.6 is 22.9 Å². The van der Waals surface area contributed by atoms with Gasteiger partial charge < -0.3 is 15.4 Å². The van der Waals surface area contributed by atoms with E-state index in [4.69, 9.17) is 16.3 Å². The molecule has 2 N–H and O–H groups in total. The fourth-order valence-corrected chi connectivity index (χ4v) is 3.35. The highest BCUT2D eigenvalue weighted by Crippen LogP contribution is 2.23. The van der Waals surface area contributed by atoms with E-state index in [-0.39, 0.29) is 12.1 Å². The van der Waals surface area contributed by atoms with Crippen molar-refractivity contribution in [1.82, 2.24) is 10.6 Å². The minimum atomic E-state index is -0.437. The molecular formula is C15H23ClN2O2S. The number of hydrogen-bond acceptors (Lipinski definition) is 4. The van der Waals surface area contributed by atoms with Gasteiger partial charge in [0.15, 0.2) is 0 Å². The van der Waals surface area contributed by atoms with Crippen LogP contribution in [0.1, 0.15) is 38.5 Å². The number of hydrogen-bond donors (Lipinski definition) is 2. The van der Waals surface area contributed by atoms with Crippen molar-refractivity contribution in [3.8, 4) is 0 Å². The number of rotatable bonds is 5. The van der Waals surface area contributed by atoms with E-state index in [0.717, 1.165) is 30.1 Å². The monoisotopic (exact) mass is 330 g/mol. The first-order valence-corrected chi connectivity index (χ1v) is 8.48. The molecule has 0 spiro atoms. The summed E-state index contributed by atoms with van der Waals surface area (Å²) >= 11 is 7.53. The zero-order valence-corrected chi connectivity index (χ0v) is 14.3. The highest BCUT2D eigenvalue weighted by Gasteiger charge is 2.31. The van der Waals surface area contributed by atoms with E-state index in [1.54, 1.807) is 11.3 Å². The van der Waals surface area contributed by atoms with Crippen LogP contribution in [0.2, 0.25) is 4.34 Å². The van der Waals surface area contributed by atoms with Crippen molar-refractivity contribution in [2.45, 2.75) is 57.7 Å². The maximum atomic E-state index is 11.6. The predicted octanol–water partition coefficient (Wildman–Crippen LogP) is 3.59. The zero-order chi connectivity index (χ0) is 15.5. The van der Waals surface area contributed by atoms with Crippen LogP contribution in [0.5, 0.6) is 0 Å². The van der Waals surface area contributed by atoms with Crippen LogP contribution in [0.4, 0.5) is 4.79 Å². The molecule has 6 heteroatoms. The quantitative estimate of drug-likeness (QED) is 0.867. The molecule has 0 bridgehead atoms. The van der Waals surface area contributed by atoms with E-state index in [0.29, 0.717) is 6.04 Å². The lowest BCUT2D eigenvalue weighted by Gasteiger charge is -2.36. The summed E-state index contributed by atoms with van der Waals surface area (Å²) in [5.74, 6) is 0. The summed E-state index contributed by atoms with van der Waals surface area (Å²) in [7, 11) is 0. The van der Waals surface area contributed by atoms with Crippen LogP contribution in [0.3, 0.4) is 0 Å². The molecule has 1 fully saturated rings. The van der Waals surface area contributed by atoms with E-state index >= 15 is 0 Å². The van der Waals surface area contributed by atoms with Crippen molar-refractivity contribution < 1.29 is 9.53 Å². The van der Waals surface area contributed by atoms with Crippen molar-refractivity contribution >= 4 is 29.0 Å². The molecule has 1 aromatic rings. The highest BCUT2D eigenvalue weighted by molar-refractivity contribution is 7.16. The fourth-order valence-electron chi connectivity index (χ4n) is 2.26. The Kier molecular flexibility index (Phi) is 5.52. The van der Waals surface area contributed by atoms with Crippen LogP contribution in [-0.2, 0) is 11.2 Å². The van der Waals surface area contributed by atoms with Gasteiger partial charge in [0.05, 0.1) is 4.34 Å². The number of ether oxygens (including phenoxy) is 1. The first-order valence-electron chi connectivity index (χ1n) is 7.29. The lowest BCUT2D eigenvalue weighted by atomic mass is 9.87. The average molecular weight is 331 g/mol. The molecule has 0 atom stereocenters.